The molecule has 0 saturated carbocycles. The van der Waals surface area contributed by atoms with Crippen LogP contribution < -0.4 is 15.6 Å². The van der Waals surface area contributed by atoms with Crippen LogP contribution in [0.25, 0.3) is 0 Å². The summed E-state index contributed by atoms with van der Waals surface area (Å²) < 4.78 is 0. The van der Waals surface area contributed by atoms with Crippen LogP contribution in [0.15, 0.2) is 36.4 Å². The van der Waals surface area contributed by atoms with Crippen molar-refractivity contribution in [3.8, 4) is 5.75 Å². The molecule has 2 N–H and O–H groups in total. The van der Waals surface area contributed by atoms with E-state index in [1.54, 1.807) is 0 Å². The molecule has 1 aliphatic rings. The van der Waals surface area contributed by atoms with Crippen molar-refractivity contribution in [2.24, 2.45) is 0 Å². The Balaban J connectivity index is 2.17. The van der Waals surface area contributed by atoms with Crippen molar-refractivity contribution in [1.29, 1.82) is 0 Å². The van der Waals surface area contributed by atoms with Gasteiger partial charge in [0.2, 0.25) is 0 Å². The first-order valence-electron chi connectivity index (χ1n) is 8.77. The summed E-state index contributed by atoms with van der Waals surface area (Å²) in [7, 11) is 2.00. The Bertz CT molecular complexity index is 800. The lowest BCUT2D eigenvalue weighted by molar-refractivity contribution is 0.444. The summed E-state index contributed by atoms with van der Waals surface area (Å²) >= 11 is 0. The van der Waals surface area contributed by atoms with E-state index in [9.17, 15) is 5.11 Å². The highest BCUT2D eigenvalue weighted by molar-refractivity contribution is 5.82. The second-order valence-corrected chi connectivity index (χ2v) is 8.86. The van der Waals surface area contributed by atoms with Crippen LogP contribution in [0.4, 0.5) is 17.1 Å². The van der Waals surface area contributed by atoms with Crippen molar-refractivity contribution in [1.82, 2.24) is 0 Å². The Morgan fingerprint density at radius 2 is 1.52 bits per heavy atom. The first-order chi connectivity index (χ1) is 11.5. The minimum Gasteiger partial charge on any atom is -0.505 e. The Hall–Kier alpha value is -2.36. The Labute approximate surface area is 151 Å². The molecule has 2 aromatic carbocycles. The number of anilines is 3. The van der Waals surface area contributed by atoms with Crippen molar-refractivity contribution < 1.29 is 5.11 Å². The van der Waals surface area contributed by atoms with Crippen molar-refractivity contribution in [3.63, 3.8) is 0 Å². The first-order valence-corrected chi connectivity index (χ1v) is 8.77. The number of hydrazine groups is 2. The van der Waals surface area contributed by atoms with Crippen LogP contribution in [0.2, 0.25) is 0 Å². The molecule has 0 radical (unpaired) electrons. The molecule has 4 heteroatoms. The summed E-state index contributed by atoms with van der Waals surface area (Å²) in [5.41, 5.74) is 8.30. The number of benzene rings is 2. The van der Waals surface area contributed by atoms with Crippen molar-refractivity contribution >= 4 is 17.1 Å². The number of para-hydroxylation sites is 2. The van der Waals surface area contributed by atoms with E-state index in [2.05, 4.69) is 65.2 Å². The smallest absolute Gasteiger partial charge is 0.146 e. The lowest BCUT2D eigenvalue weighted by Gasteiger charge is -2.33. The number of nitrogens with zero attached hydrogens (tertiary/aromatic N) is 2. The minimum absolute atomic E-state index is 0.00635. The number of phenolic OH excluding ortho intramolecular Hbond substituents is 1. The fourth-order valence-corrected chi connectivity index (χ4v) is 3.15. The van der Waals surface area contributed by atoms with Crippen LogP contribution in [-0.2, 0) is 10.8 Å². The highest BCUT2D eigenvalue weighted by atomic mass is 16.3. The minimum atomic E-state index is -0.148. The molecule has 25 heavy (non-hydrogen) atoms. The van der Waals surface area contributed by atoms with E-state index in [4.69, 9.17) is 0 Å². The van der Waals surface area contributed by atoms with Crippen LogP contribution in [0.1, 0.15) is 52.7 Å². The quantitative estimate of drug-likeness (QED) is 0.750. The SMILES string of the molecule is CN1c2ccccc2NN1c1cc(C(C)(C)C)cc(C(C)(C)C)c1O. The zero-order valence-electron chi connectivity index (χ0n) is 16.3. The highest BCUT2D eigenvalue weighted by Gasteiger charge is 2.31. The van der Waals surface area contributed by atoms with Gasteiger partial charge in [0.1, 0.15) is 11.4 Å². The van der Waals surface area contributed by atoms with Crippen LogP contribution in [0.5, 0.6) is 5.75 Å². The first kappa shape index (κ1) is 17.5. The van der Waals surface area contributed by atoms with E-state index in [1.165, 1.54) is 5.56 Å². The molecular weight excluding hydrogens is 310 g/mol. The monoisotopic (exact) mass is 339 g/mol. The molecule has 134 valence electrons. The Morgan fingerprint density at radius 1 is 0.880 bits per heavy atom. The average Bonchev–Trinajstić information content (AvgIpc) is 2.82. The largest absolute Gasteiger partial charge is 0.505 e. The molecule has 0 bridgehead atoms. The standard InChI is InChI=1S/C21H29N3O/c1-20(2,3)14-12-15(21(4,5)6)19(25)18(13-14)24-22-16-10-8-9-11-17(16)23(24)7/h8-13,22,25H,1-7H3. The van der Waals surface area contributed by atoms with Gasteiger partial charge in [0.25, 0.3) is 0 Å². The van der Waals surface area contributed by atoms with Gasteiger partial charge in [-0.25, -0.2) is 0 Å². The number of rotatable bonds is 1. The second kappa shape index (κ2) is 5.58. The fraction of sp³-hybridized carbons (Fsp3) is 0.429. The molecule has 1 heterocycles. The van der Waals surface area contributed by atoms with Gasteiger partial charge in [0.15, 0.2) is 0 Å². The zero-order chi connectivity index (χ0) is 18.6. The summed E-state index contributed by atoms with van der Waals surface area (Å²) in [6.45, 7) is 13.0. The van der Waals surface area contributed by atoms with Gasteiger partial charge < -0.3 is 5.11 Å². The topological polar surface area (TPSA) is 38.7 Å². The zero-order valence-corrected chi connectivity index (χ0v) is 16.3. The average molecular weight is 339 g/mol. The molecule has 2 aromatic rings. The third-order valence-corrected chi connectivity index (χ3v) is 4.77. The van der Waals surface area contributed by atoms with Gasteiger partial charge in [-0.2, -0.15) is 5.12 Å². The normalized spacial score (nSPS) is 14.5. The van der Waals surface area contributed by atoms with E-state index in [1.807, 2.05) is 35.4 Å². The summed E-state index contributed by atoms with van der Waals surface area (Å²) in [5.74, 6) is 0.327. The van der Waals surface area contributed by atoms with E-state index in [-0.39, 0.29) is 10.8 Å². The maximum Gasteiger partial charge on any atom is 0.146 e. The summed E-state index contributed by atoms with van der Waals surface area (Å²) in [4.78, 5) is 0. The van der Waals surface area contributed by atoms with Gasteiger partial charge in [-0.05, 0) is 34.6 Å². The predicted molar refractivity (Wildman–Crippen MR) is 106 cm³/mol. The van der Waals surface area contributed by atoms with Gasteiger partial charge in [-0.15, -0.1) is 0 Å². The van der Waals surface area contributed by atoms with E-state index in [0.717, 1.165) is 22.6 Å². The molecule has 0 unspecified atom stereocenters. The van der Waals surface area contributed by atoms with Crippen molar-refractivity contribution in [3.05, 3.63) is 47.5 Å². The number of nitrogens with one attached hydrogen (secondary N) is 1. The third kappa shape index (κ3) is 3.01. The third-order valence-electron chi connectivity index (χ3n) is 4.77. The molecule has 0 amide bonds. The van der Waals surface area contributed by atoms with E-state index >= 15 is 0 Å². The van der Waals surface area contributed by atoms with Gasteiger partial charge >= 0.3 is 0 Å². The van der Waals surface area contributed by atoms with Crippen LogP contribution in [0, 0.1) is 0 Å². The van der Waals surface area contributed by atoms with E-state index < -0.39 is 0 Å². The van der Waals surface area contributed by atoms with E-state index in [0.29, 0.717) is 5.75 Å². The van der Waals surface area contributed by atoms with Gasteiger partial charge in [-0.3, -0.25) is 10.4 Å². The maximum absolute atomic E-state index is 11.1. The molecule has 4 nitrogen and oxygen atoms in total. The molecule has 1 aliphatic heterocycles. The number of hydrogen-bond acceptors (Lipinski definition) is 4. The van der Waals surface area contributed by atoms with Crippen LogP contribution in [-0.4, -0.2) is 12.2 Å². The number of fused-ring (bicyclic) bond motifs is 1. The molecule has 0 atom stereocenters. The molecule has 0 aliphatic carbocycles. The Morgan fingerprint density at radius 3 is 2.08 bits per heavy atom. The van der Waals surface area contributed by atoms with Gasteiger partial charge in [0, 0.05) is 12.6 Å². The lowest BCUT2D eigenvalue weighted by Crippen LogP contribution is -2.39. The lowest BCUT2D eigenvalue weighted by atomic mass is 9.79. The molecule has 0 spiro atoms. The number of aromatic hydroxyl groups is 1. The van der Waals surface area contributed by atoms with Crippen LogP contribution >= 0.6 is 0 Å². The van der Waals surface area contributed by atoms with Crippen molar-refractivity contribution in [2.75, 3.05) is 22.6 Å². The van der Waals surface area contributed by atoms with Gasteiger partial charge in [-0.1, -0.05) is 59.7 Å². The molecule has 3 rings (SSSR count). The molecular formula is C21H29N3O. The summed E-state index contributed by atoms with van der Waals surface area (Å²) in [5, 5.41) is 15.0. The second-order valence-electron chi connectivity index (χ2n) is 8.86. The van der Waals surface area contributed by atoms with Gasteiger partial charge in [0.05, 0.1) is 11.4 Å². The predicted octanol–water partition coefficient (Wildman–Crippen LogP) is 5.19. The fourth-order valence-electron chi connectivity index (χ4n) is 3.15. The Kier molecular flexibility index (Phi) is 3.90. The summed E-state index contributed by atoms with van der Waals surface area (Å²) in [6.07, 6.45) is 0. The number of hydrogen-bond donors (Lipinski definition) is 2. The molecule has 0 aromatic heterocycles. The van der Waals surface area contributed by atoms with Crippen LogP contribution in [0.3, 0.4) is 0 Å². The summed E-state index contributed by atoms with van der Waals surface area (Å²) in [6, 6.07) is 12.4. The van der Waals surface area contributed by atoms with Crippen molar-refractivity contribution in [2.45, 2.75) is 52.4 Å². The molecule has 0 fully saturated rings. The molecule has 0 saturated heterocycles. The highest BCUT2D eigenvalue weighted by Crippen LogP contribution is 2.44. The maximum atomic E-state index is 11.1. The number of phenols is 1.